The highest BCUT2D eigenvalue weighted by molar-refractivity contribution is 6.03. The molecule has 1 aliphatic heterocycles. The van der Waals surface area contributed by atoms with E-state index in [4.69, 9.17) is 9.47 Å². The molecule has 0 spiro atoms. The Morgan fingerprint density at radius 2 is 2.04 bits per heavy atom. The Morgan fingerprint density at radius 3 is 2.85 bits per heavy atom. The van der Waals surface area contributed by atoms with Gasteiger partial charge in [-0.1, -0.05) is 12.1 Å². The number of hydrogen-bond donors (Lipinski definition) is 2. The molecule has 0 bridgehead atoms. The van der Waals surface area contributed by atoms with Crippen LogP contribution in [0.5, 0.6) is 11.5 Å². The van der Waals surface area contributed by atoms with Gasteiger partial charge in [0.25, 0.3) is 5.91 Å². The highest BCUT2D eigenvalue weighted by atomic mass is 16.5. The van der Waals surface area contributed by atoms with Gasteiger partial charge in [0.2, 0.25) is 0 Å². The first-order valence-electron chi connectivity index (χ1n) is 8.40. The average molecular weight is 355 g/mol. The maximum Gasteiger partial charge on any atom is 0.323 e. The van der Waals surface area contributed by atoms with Crippen LogP contribution in [0.2, 0.25) is 0 Å². The Morgan fingerprint density at radius 1 is 1.23 bits per heavy atom. The second-order valence-electron chi connectivity index (χ2n) is 5.79. The van der Waals surface area contributed by atoms with Crippen molar-refractivity contribution in [1.82, 2.24) is 4.90 Å². The fourth-order valence-electron chi connectivity index (χ4n) is 2.64. The molecule has 0 radical (unpaired) electrons. The van der Waals surface area contributed by atoms with Crippen molar-refractivity contribution in [3.05, 3.63) is 48.0 Å². The minimum absolute atomic E-state index is 0.136. The molecule has 26 heavy (non-hydrogen) atoms. The van der Waals surface area contributed by atoms with E-state index in [1.807, 2.05) is 19.1 Å². The molecular weight excluding hydrogens is 334 g/mol. The van der Waals surface area contributed by atoms with E-state index in [0.29, 0.717) is 48.2 Å². The predicted molar refractivity (Wildman–Crippen MR) is 99.1 cm³/mol. The molecule has 2 aromatic rings. The van der Waals surface area contributed by atoms with Crippen LogP contribution in [0.1, 0.15) is 17.3 Å². The SMILES string of the molecule is CCOc1ccccc1NC(=O)Nc1ccc2c(c1)C(=O)N(C)CCO2. The summed E-state index contributed by atoms with van der Waals surface area (Å²) in [6, 6.07) is 11.8. The summed E-state index contributed by atoms with van der Waals surface area (Å²) in [4.78, 5) is 26.3. The zero-order chi connectivity index (χ0) is 18.5. The molecule has 0 unspecified atom stereocenters. The summed E-state index contributed by atoms with van der Waals surface area (Å²) in [5.74, 6) is 0.979. The van der Waals surface area contributed by atoms with Crippen molar-refractivity contribution in [2.45, 2.75) is 6.92 Å². The molecule has 3 rings (SSSR count). The lowest BCUT2D eigenvalue weighted by Crippen LogP contribution is -2.28. The number of amides is 3. The number of rotatable bonds is 4. The molecule has 136 valence electrons. The summed E-state index contributed by atoms with van der Waals surface area (Å²) < 4.78 is 11.1. The van der Waals surface area contributed by atoms with Gasteiger partial charge in [0, 0.05) is 12.7 Å². The third kappa shape index (κ3) is 3.88. The number of ether oxygens (including phenoxy) is 2. The summed E-state index contributed by atoms with van der Waals surface area (Å²) in [6.45, 7) is 3.34. The van der Waals surface area contributed by atoms with E-state index in [2.05, 4.69) is 10.6 Å². The van der Waals surface area contributed by atoms with Gasteiger partial charge in [-0.2, -0.15) is 0 Å². The van der Waals surface area contributed by atoms with Crippen LogP contribution in [0.3, 0.4) is 0 Å². The Kier molecular flexibility index (Phi) is 5.26. The van der Waals surface area contributed by atoms with Gasteiger partial charge in [0.05, 0.1) is 24.4 Å². The highest BCUT2D eigenvalue weighted by Crippen LogP contribution is 2.27. The fourth-order valence-corrected chi connectivity index (χ4v) is 2.64. The number of para-hydroxylation sites is 2. The van der Waals surface area contributed by atoms with Crippen LogP contribution in [0.15, 0.2) is 42.5 Å². The average Bonchev–Trinajstić information content (AvgIpc) is 2.76. The Balaban J connectivity index is 1.74. The van der Waals surface area contributed by atoms with Gasteiger partial charge in [-0.05, 0) is 37.3 Å². The molecule has 3 amide bonds. The number of fused-ring (bicyclic) bond motifs is 1. The van der Waals surface area contributed by atoms with Crippen LogP contribution in [0, 0.1) is 0 Å². The first-order chi connectivity index (χ1) is 12.6. The van der Waals surface area contributed by atoms with Crippen molar-refractivity contribution < 1.29 is 19.1 Å². The fraction of sp³-hybridized carbons (Fsp3) is 0.263. The van der Waals surface area contributed by atoms with Crippen molar-refractivity contribution in [2.24, 2.45) is 0 Å². The Hall–Kier alpha value is -3.22. The van der Waals surface area contributed by atoms with Gasteiger partial charge in [-0.15, -0.1) is 0 Å². The third-order valence-electron chi connectivity index (χ3n) is 3.93. The van der Waals surface area contributed by atoms with Crippen LogP contribution in [-0.2, 0) is 0 Å². The van der Waals surface area contributed by atoms with E-state index in [0.717, 1.165) is 0 Å². The summed E-state index contributed by atoms with van der Waals surface area (Å²) in [6.07, 6.45) is 0. The summed E-state index contributed by atoms with van der Waals surface area (Å²) in [5.41, 5.74) is 1.50. The first kappa shape index (κ1) is 17.6. The van der Waals surface area contributed by atoms with Crippen molar-refractivity contribution in [3.8, 4) is 11.5 Å². The van der Waals surface area contributed by atoms with Crippen molar-refractivity contribution >= 4 is 23.3 Å². The maximum absolute atomic E-state index is 12.4. The number of nitrogens with zero attached hydrogens (tertiary/aromatic N) is 1. The summed E-state index contributed by atoms with van der Waals surface area (Å²) in [7, 11) is 1.72. The van der Waals surface area contributed by atoms with Gasteiger partial charge in [0.1, 0.15) is 18.1 Å². The smallest absolute Gasteiger partial charge is 0.323 e. The van der Waals surface area contributed by atoms with Crippen molar-refractivity contribution in [1.29, 1.82) is 0 Å². The van der Waals surface area contributed by atoms with Crippen LogP contribution < -0.4 is 20.1 Å². The number of carbonyl (C=O) groups excluding carboxylic acids is 2. The molecule has 0 saturated heterocycles. The van der Waals surface area contributed by atoms with Gasteiger partial charge in [-0.25, -0.2) is 4.79 Å². The van der Waals surface area contributed by atoms with Crippen LogP contribution in [-0.4, -0.2) is 43.6 Å². The molecule has 0 fully saturated rings. The maximum atomic E-state index is 12.4. The molecule has 0 atom stereocenters. The number of benzene rings is 2. The molecule has 0 aromatic heterocycles. The van der Waals surface area contributed by atoms with E-state index in [1.54, 1.807) is 42.3 Å². The molecule has 2 N–H and O–H groups in total. The van der Waals surface area contributed by atoms with Crippen molar-refractivity contribution in [3.63, 3.8) is 0 Å². The number of likely N-dealkylation sites (N-methyl/N-ethyl adjacent to an activating group) is 1. The van der Waals surface area contributed by atoms with Gasteiger partial charge in [0.15, 0.2) is 0 Å². The Bertz CT molecular complexity index is 822. The summed E-state index contributed by atoms with van der Waals surface area (Å²) in [5, 5.41) is 5.49. The van der Waals surface area contributed by atoms with Crippen molar-refractivity contribution in [2.75, 3.05) is 37.4 Å². The first-order valence-corrected chi connectivity index (χ1v) is 8.40. The lowest BCUT2D eigenvalue weighted by molar-refractivity contribution is 0.0796. The molecular formula is C19H21N3O4. The molecule has 1 aliphatic rings. The molecule has 2 aromatic carbocycles. The van der Waals surface area contributed by atoms with E-state index in [1.165, 1.54) is 0 Å². The second kappa shape index (κ2) is 7.77. The highest BCUT2D eigenvalue weighted by Gasteiger charge is 2.21. The van der Waals surface area contributed by atoms with E-state index >= 15 is 0 Å². The zero-order valence-corrected chi connectivity index (χ0v) is 14.7. The summed E-state index contributed by atoms with van der Waals surface area (Å²) >= 11 is 0. The second-order valence-corrected chi connectivity index (χ2v) is 5.79. The quantitative estimate of drug-likeness (QED) is 0.883. The van der Waals surface area contributed by atoms with Gasteiger partial charge in [-0.3, -0.25) is 4.79 Å². The van der Waals surface area contributed by atoms with Gasteiger partial charge < -0.3 is 25.0 Å². The van der Waals surface area contributed by atoms with Crippen LogP contribution in [0.25, 0.3) is 0 Å². The molecule has 0 saturated carbocycles. The number of urea groups is 1. The Labute approximate surface area is 151 Å². The number of carbonyl (C=O) groups is 2. The monoisotopic (exact) mass is 355 g/mol. The van der Waals surface area contributed by atoms with E-state index < -0.39 is 6.03 Å². The van der Waals surface area contributed by atoms with Gasteiger partial charge >= 0.3 is 6.03 Å². The zero-order valence-electron chi connectivity index (χ0n) is 14.7. The lowest BCUT2D eigenvalue weighted by atomic mass is 10.1. The van der Waals surface area contributed by atoms with Crippen LogP contribution in [0.4, 0.5) is 16.2 Å². The third-order valence-corrected chi connectivity index (χ3v) is 3.93. The molecule has 1 heterocycles. The lowest BCUT2D eigenvalue weighted by Gasteiger charge is -2.14. The predicted octanol–water partition coefficient (Wildman–Crippen LogP) is 3.19. The molecule has 7 heteroatoms. The van der Waals surface area contributed by atoms with E-state index in [9.17, 15) is 9.59 Å². The topological polar surface area (TPSA) is 79.9 Å². The number of nitrogens with one attached hydrogen (secondary N) is 2. The minimum atomic E-state index is -0.424. The minimum Gasteiger partial charge on any atom is -0.492 e. The molecule has 7 nitrogen and oxygen atoms in total. The largest absolute Gasteiger partial charge is 0.492 e. The number of anilines is 2. The van der Waals surface area contributed by atoms with Crippen LogP contribution >= 0.6 is 0 Å². The van der Waals surface area contributed by atoms with E-state index in [-0.39, 0.29) is 5.91 Å². The normalized spacial score (nSPS) is 13.3. The number of hydrogen-bond acceptors (Lipinski definition) is 4. The standard InChI is InChI=1S/C19H21N3O4/c1-3-25-17-7-5-4-6-15(17)21-19(24)20-13-8-9-16-14(12-13)18(23)22(2)10-11-26-16/h4-9,12H,3,10-11H2,1-2H3,(H2,20,21,24). The molecule has 0 aliphatic carbocycles.